The fraction of sp³-hybridized carbons (Fsp3) is 0.750. The number of hydrogen-bond acceptors (Lipinski definition) is 0. The lowest BCUT2D eigenvalue weighted by atomic mass is 9.57. The molecule has 0 heteroatoms. The molecule has 0 N–H and O–H groups in total. The highest BCUT2D eigenvalue weighted by molar-refractivity contribution is 5.29. The van der Waals surface area contributed by atoms with Crippen molar-refractivity contribution < 1.29 is 0 Å². The Balaban J connectivity index is 1.69. The number of rotatable bonds is 0. The molecule has 16 heavy (non-hydrogen) atoms. The van der Waals surface area contributed by atoms with Crippen molar-refractivity contribution >= 4 is 0 Å². The Morgan fingerprint density at radius 2 is 2.00 bits per heavy atom. The second-order valence-corrected chi connectivity index (χ2v) is 7.19. The molecule has 8 atom stereocenters. The summed E-state index contributed by atoms with van der Waals surface area (Å²) in [6.07, 6.45) is 14.7. The Morgan fingerprint density at radius 1 is 1.06 bits per heavy atom. The van der Waals surface area contributed by atoms with Crippen LogP contribution in [0.1, 0.15) is 26.2 Å². The van der Waals surface area contributed by atoms with E-state index in [0.29, 0.717) is 5.41 Å². The van der Waals surface area contributed by atoms with Crippen LogP contribution < -0.4 is 0 Å². The summed E-state index contributed by atoms with van der Waals surface area (Å²) in [6.45, 7) is 2.64. The first-order chi connectivity index (χ1) is 7.80. The lowest BCUT2D eigenvalue weighted by Crippen LogP contribution is -2.43. The molecular formula is C16H20. The van der Waals surface area contributed by atoms with E-state index in [-0.39, 0.29) is 0 Å². The maximum absolute atomic E-state index is 2.64. The average molecular weight is 212 g/mol. The Kier molecular flexibility index (Phi) is 1.25. The molecule has 0 nitrogen and oxygen atoms in total. The first-order valence-corrected chi connectivity index (χ1v) is 7.15. The molecular weight excluding hydrogens is 192 g/mol. The number of hydrogen-bond donors (Lipinski definition) is 0. The first kappa shape index (κ1) is 8.55. The lowest BCUT2D eigenvalue weighted by molar-refractivity contribution is 0.0313. The van der Waals surface area contributed by atoms with Gasteiger partial charge in [0.15, 0.2) is 0 Å². The smallest absolute Gasteiger partial charge is 0.0165 e. The fourth-order valence-electron chi connectivity index (χ4n) is 6.76. The van der Waals surface area contributed by atoms with Gasteiger partial charge in [0, 0.05) is 0 Å². The molecule has 0 aromatic rings. The van der Waals surface area contributed by atoms with Gasteiger partial charge in [0.25, 0.3) is 0 Å². The molecule has 0 radical (unpaired) electrons. The summed E-state index contributed by atoms with van der Waals surface area (Å²) in [5.41, 5.74) is 0.694. The van der Waals surface area contributed by atoms with Crippen LogP contribution >= 0.6 is 0 Å². The van der Waals surface area contributed by atoms with Crippen molar-refractivity contribution in [2.45, 2.75) is 26.2 Å². The van der Waals surface area contributed by atoms with E-state index in [1.54, 1.807) is 6.42 Å². The second kappa shape index (κ2) is 2.35. The predicted octanol–water partition coefficient (Wildman–Crippen LogP) is 3.66. The molecule has 3 saturated carbocycles. The molecule has 0 aromatic carbocycles. The quantitative estimate of drug-likeness (QED) is 0.424. The highest BCUT2D eigenvalue weighted by Gasteiger charge is 2.70. The Labute approximate surface area is 97.8 Å². The molecule has 4 bridgehead atoms. The molecule has 3 fully saturated rings. The summed E-state index contributed by atoms with van der Waals surface area (Å²) in [5, 5.41) is 0. The zero-order valence-electron chi connectivity index (χ0n) is 9.97. The van der Waals surface area contributed by atoms with Gasteiger partial charge in [0.1, 0.15) is 0 Å². The third-order valence-corrected chi connectivity index (χ3v) is 7.16. The SMILES string of the molecule is CC12C3C=CC(C3)C1C1CC2C2C=CCC21. The third kappa shape index (κ3) is 0.658. The summed E-state index contributed by atoms with van der Waals surface area (Å²) >= 11 is 0. The van der Waals surface area contributed by atoms with Gasteiger partial charge in [0.05, 0.1) is 0 Å². The van der Waals surface area contributed by atoms with E-state index in [2.05, 4.69) is 31.2 Å². The van der Waals surface area contributed by atoms with Crippen LogP contribution in [-0.4, -0.2) is 0 Å². The van der Waals surface area contributed by atoms with E-state index < -0.39 is 0 Å². The molecule has 0 heterocycles. The van der Waals surface area contributed by atoms with Crippen LogP contribution in [0.5, 0.6) is 0 Å². The number of fused-ring (bicyclic) bond motifs is 12. The van der Waals surface area contributed by atoms with Crippen molar-refractivity contribution in [3.8, 4) is 0 Å². The summed E-state index contributed by atoms with van der Waals surface area (Å²) in [5.74, 6) is 7.10. The van der Waals surface area contributed by atoms with E-state index in [9.17, 15) is 0 Å². The van der Waals surface area contributed by atoms with Crippen LogP contribution in [-0.2, 0) is 0 Å². The minimum Gasteiger partial charge on any atom is -0.0879 e. The highest BCUT2D eigenvalue weighted by atomic mass is 14.7. The van der Waals surface area contributed by atoms with Gasteiger partial charge < -0.3 is 0 Å². The molecule has 84 valence electrons. The average Bonchev–Trinajstić information content (AvgIpc) is 2.99. The predicted molar refractivity (Wildman–Crippen MR) is 64.7 cm³/mol. The Bertz CT molecular complexity index is 418. The lowest BCUT2D eigenvalue weighted by Gasteiger charge is -2.47. The standard InChI is InChI=1S/C16H20/c1-16-10-6-5-9(7-10)15(16)13-8-14(16)12-4-2-3-11(12)13/h2,4-6,9-15H,3,7-8H2,1H3. The van der Waals surface area contributed by atoms with Crippen molar-refractivity contribution in [2.75, 3.05) is 0 Å². The van der Waals surface area contributed by atoms with E-state index in [4.69, 9.17) is 0 Å². The number of allylic oxidation sites excluding steroid dienone is 4. The second-order valence-electron chi connectivity index (χ2n) is 7.19. The van der Waals surface area contributed by atoms with E-state index in [1.807, 2.05) is 0 Å². The molecule has 0 aliphatic heterocycles. The van der Waals surface area contributed by atoms with Gasteiger partial charge in [-0.05, 0) is 66.1 Å². The maximum Gasteiger partial charge on any atom is -0.0165 e. The first-order valence-electron chi connectivity index (χ1n) is 7.15. The monoisotopic (exact) mass is 212 g/mol. The van der Waals surface area contributed by atoms with Gasteiger partial charge in [-0.3, -0.25) is 0 Å². The summed E-state index contributed by atoms with van der Waals surface area (Å²) < 4.78 is 0. The van der Waals surface area contributed by atoms with E-state index in [1.165, 1.54) is 12.8 Å². The summed E-state index contributed by atoms with van der Waals surface area (Å²) in [7, 11) is 0. The van der Waals surface area contributed by atoms with Gasteiger partial charge in [-0.1, -0.05) is 31.2 Å². The largest absolute Gasteiger partial charge is 0.0879 e. The zero-order chi connectivity index (χ0) is 10.5. The van der Waals surface area contributed by atoms with Crippen molar-refractivity contribution in [3.05, 3.63) is 24.3 Å². The third-order valence-electron chi connectivity index (χ3n) is 7.16. The molecule has 0 saturated heterocycles. The van der Waals surface area contributed by atoms with E-state index in [0.717, 1.165) is 41.4 Å². The van der Waals surface area contributed by atoms with Crippen LogP contribution in [0.4, 0.5) is 0 Å². The van der Waals surface area contributed by atoms with E-state index >= 15 is 0 Å². The molecule has 8 unspecified atom stereocenters. The van der Waals surface area contributed by atoms with Gasteiger partial charge in [-0.2, -0.15) is 0 Å². The van der Waals surface area contributed by atoms with Gasteiger partial charge in [-0.15, -0.1) is 0 Å². The topological polar surface area (TPSA) is 0 Å². The van der Waals surface area contributed by atoms with Crippen molar-refractivity contribution in [1.29, 1.82) is 0 Å². The van der Waals surface area contributed by atoms with Gasteiger partial charge in [-0.25, -0.2) is 0 Å². The molecule has 0 spiro atoms. The van der Waals surface area contributed by atoms with Crippen LogP contribution in [0.25, 0.3) is 0 Å². The van der Waals surface area contributed by atoms with Crippen molar-refractivity contribution in [3.63, 3.8) is 0 Å². The maximum atomic E-state index is 2.64. The molecule has 0 amide bonds. The highest BCUT2D eigenvalue weighted by Crippen LogP contribution is 2.76. The van der Waals surface area contributed by atoms with Crippen molar-refractivity contribution in [2.24, 2.45) is 46.8 Å². The fourth-order valence-corrected chi connectivity index (χ4v) is 6.76. The van der Waals surface area contributed by atoms with Crippen molar-refractivity contribution in [1.82, 2.24) is 0 Å². The van der Waals surface area contributed by atoms with Crippen LogP contribution in [0.3, 0.4) is 0 Å². The minimum atomic E-state index is 0.694. The molecule has 0 aromatic heterocycles. The normalized spacial score (nSPS) is 67.9. The van der Waals surface area contributed by atoms with Crippen LogP contribution in [0.15, 0.2) is 24.3 Å². The Hall–Kier alpha value is -0.520. The van der Waals surface area contributed by atoms with Crippen LogP contribution in [0, 0.1) is 46.8 Å². The Morgan fingerprint density at radius 3 is 2.94 bits per heavy atom. The van der Waals surface area contributed by atoms with Gasteiger partial charge in [0.2, 0.25) is 0 Å². The molecule has 5 aliphatic rings. The summed E-state index contributed by atoms with van der Waals surface area (Å²) in [4.78, 5) is 0. The van der Waals surface area contributed by atoms with Gasteiger partial charge >= 0.3 is 0 Å². The summed E-state index contributed by atoms with van der Waals surface area (Å²) in [6, 6.07) is 0. The molecule has 5 rings (SSSR count). The minimum absolute atomic E-state index is 0.694. The zero-order valence-corrected chi connectivity index (χ0v) is 9.97. The van der Waals surface area contributed by atoms with Crippen LogP contribution in [0.2, 0.25) is 0 Å². The molecule has 5 aliphatic carbocycles.